The van der Waals surface area contributed by atoms with Crippen molar-refractivity contribution in [3.63, 3.8) is 0 Å². The summed E-state index contributed by atoms with van der Waals surface area (Å²) >= 11 is 0. The van der Waals surface area contributed by atoms with Crippen LogP contribution in [0.5, 0.6) is 0 Å². The maximum absolute atomic E-state index is 6.14. The first-order valence-corrected chi connectivity index (χ1v) is 7.71. The first kappa shape index (κ1) is 13.8. The number of furan rings is 1. The van der Waals surface area contributed by atoms with Gasteiger partial charge in [0.2, 0.25) is 0 Å². The summed E-state index contributed by atoms with van der Waals surface area (Å²) in [6.45, 7) is 4.04. The fourth-order valence-corrected chi connectivity index (χ4v) is 3.16. The Kier molecular flexibility index (Phi) is 3.05. The Balaban J connectivity index is 2.16. The third-order valence-electron chi connectivity index (χ3n) is 4.24. The molecule has 0 radical (unpaired) electrons. The van der Waals surface area contributed by atoms with Gasteiger partial charge in [0, 0.05) is 16.8 Å². The van der Waals surface area contributed by atoms with E-state index in [0.29, 0.717) is 0 Å². The van der Waals surface area contributed by atoms with Gasteiger partial charge in [0.05, 0.1) is 7.05 Å². The van der Waals surface area contributed by atoms with Gasteiger partial charge in [-0.05, 0) is 38.1 Å². The Morgan fingerprint density at radius 1 is 1.13 bits per heavy atom. The van der Waals surface area contributed by atoms with Crippen LogP contribution in [0.1, 0.15) is 13.8 Å². The number of hydrogen-bond acceptors (Lipinski definition) is 2. The summed E-state index contributed by atoms with van der Waals surface area (Å²) < 4.78 is 10.3. The Bertz CT molecular complexity index is 1150. The Hall–Kier alpha value is -2.88. The first-order valence-electron chi connectivity index (χ1n) is 7.71. The van der Waals surface area contributed by atoms with Crippen LogP contribution < -0.4 is 15.2 Å². The van der Waals surface area contributed by atoms with E-state index < -0.39 is 0 Å². The number of aryl methyl sites for hydroxylation is 1. The maximum atomic E-state index is 6.14. The number of pyridine rings is 1. The van der Waals surface area contributed by atoms with Gasteiger partial charge in [0.15, 0.2) is 16.8 Å². The smallest absolute Gasteiger partial charge is 0.273 e. The molecule has 0 N–H and O–H groups in total. The number of aromatic nitrogens is 3. The highest BCUT2D eigenvalue weighted by atomic mass is 16.3. The van der Waals surface area contributed by atoms with Gasteiger partial charge in [-0.1, -0.05) is 18.2 Å². The van der Waals surface area contributed by atoms with Gasteiger partial charge >= 0.3 is 0 Å². The number of fused-ring (bicyclic) bond motifs is 2. The molecule has 0 atom stereocenters. The normalized spacial score (nSPS) is 13.5. The Labute approximate surface area is 133 Å². The van der Waals surface area contributed by atoms with E-state index in [4.69, 9.17) is 4.42 Å². The second kappa shape index (κ2) is 5.09. The fraction of sp³-hybridized carbons (Fsp3) is 0.158. The molecule has 0 aliphatic carbocycles. The van der Waals surface area contributed by atoms with Crippen molar-refractivity contribution in [1.82, 2.24) is 9.55 Å². The average molecular weight is 304 g/mol. The van der Waals surface area contributed by atoms with E-state index in [-0.39, 0.29) is 0 Å². The van der Waals surface area contributed by atoms with Gasteiger partial charge in [-0.25, -0.2) is 9.55 Å². The van der Waals surface area contributed by atoms with E-state index >= 15 is 0 Å². The molecule has 0 saturated carbocycles. The summed E-state index contributed by atoms with van der Waals surface area (Å²) in [6, 6.07) is 10.3. The first-order chi connectivity index (χ1) is 11.2. The molecule has 0 aliphatic rings. The van der Waals surface area contributed by atoms with E-state index in [1.807, 2.05) is 45.6 Å². The highest BCUT2D eigenvalue weighted by Crippen LogP contribution is 2.22. The highest BCUT2D eigenvalue weighted by molar-refractivity contribution is 5.87. The molecule has 0 spiro atoms. The molecule has 0 aliphatic heterocycles. The monoisotopic (exact) mass is 304 g/mol. The van der Waals surface area contributed by atoms with E-state index in [1.54, 1.807) is 0 Å². The van der Waals surface area contributed by atoms with Crippen molar-refractivity contribution in [2.45, 2.75) is 13.8 Å². The van der Waals surface area contributed by atoms with E-state index in [9.17, 15) is 0 Å². The summed E-state index contributed by atoms with van der Waals surface area (Å²) in [4.78, 5) is 4.54. The number of hydrogen-bond donors (Lipinski definition) is 0. The largest absolute Gasteiger partial charge is 0.452 e. The summed E-state index contributed by atoms with van der Waals surface area (Å²) in [7, 11) is 2.03. The van der Waals surface area contributed by atoms with E-state index in [0.717, 1.165) is 38.5 Å². The van der Waals surface area contributed by atoms with E-state index in [2.05, 4.69) is 44.5 Å². The molecular formula is C19H18N3O+. The van der Waals surface area contributed by atoms with Crippen molar-refractivity contribution in [2.24, 2.45) is 7.05 Å². The Morgan fingerprint density at radius 2 is 2.00 bits per heavy atom. The lowest BCUT2D eigenvalue weighted by Crippen LogP contribution is -2.25. The van der Waals surface area contributed by atoms with Crippen LogP contribution in [-0.2, 0) is 7.05 Å². The molecule has 0 saturated heterocycles. The van der Waals surface area contributed by atoms with Gasteiger partial charge in [-0.15, -0.1) is 0 Å². The van der Waals surface area contributed by atoms with Crippen LogP contribution >= 0.6 is 0 Å². The van der Waals surface area contributed by atoms with Crippen LogP contribution in [0, 0.1) is 0 Å². The molecule has 1 aromatic carbocycles. The number of benzene rings is 1. The maximum Gasteiger partial charge on any atom is 0.273 e. The van der Waals surface area contributed by atoms with Crippen LogP contribution in [0.4, 0.5) is 0 Å². The van der Waals surface area contributed by atoms with Crippen molar-refractivity contribution < 1.29 is 8.98 Å². The lowest BCUT2D eigenvalue weighted by atomic mass is 10.2. The Morgan fingerprint density at radius 3 is 2.78 bits per heavy atom. The zero-order valence-electron chi connectivity index (χ0n) is 13.4. The summed E-state index contributed by atoms with van der Waals surface area (Å²) in [6.07, 6.45) is 7.96. The van der Waals surface area contributed by atoms with E-state index in [1.165, 1.54) is 0 Å². The minimum absolute atomic E-state index is 0.886. The summed E-state index contributed by atoms with van der Waals surface area (Å²) in [5, 5.41) is 2.26. The quantitative estimate of drug-likeness (QED) is 0.505. The van der Waals surface area contributed by atoms with Gasteiger partial charge in [-0.2, -0.15) is 4.57 Å². The minimum atomic E-state index is 0.886. The zero-order chi connectivity index (χ0) is 16.0. The fourth-order valence-electron chi connectivity index (χ4n) is 3.16. The van der Waals surface area contributed by atoms with Crippen LogP contribution in [0.25, 0.3) is 40.0 Å². The van der Waals surface area contributed by atoms with Crippen LogP contribution in [0.2, 0.25) is 0 Å². The summed E-state index contributed by atoms with van der Waals surface area (Å²) in [5.74, 6) is 0. The molecular weight excluding hydrogens is 286 g/mol. The molecule has 4 heteroatoms. The molecule has 3 aromatic heterocycles. The predicted octanol–water partition coefficient (Wildman–Crippen LogP) is 2.20. The van der Waals surface area contributed by atoms with Crippen molar-refractivity contribution in [2.75, 3.05) is 0 Å². The predicted molar refractivity (Wildman–Crippen MR) is 91.5 cm³/mol. The molecule has 4 aromatic rings. The van der Waals surface area contributed by atoms with Crippen molar-refractivity contribution >= 4 is 34.3 Å². The minimum Gasteiger partial charge on any atom is -0.452 e. The topological polar surface area (TPSA) is 34.8 Å². The molecule has 4 rings (SSSR count). The molecule has 0 fully saturated rings. The standard InChI is InChI=1S/C19H18N3O/c1-4-13-14-8-6-9-15(18(14)23-17(13)5-2)22-12-21(3)16-10-7-11-20-19(16)22/h4-12H,1-3H3/q+1. The third-order valence-corrected chi connectivity index (χ3v) is 4.24. The molecule has 4 nitrogen and oxygen atoms in total. The second-order valence-electron chi connectivity index (χ2n) is 5.55. The molecule has 3 heterocycles. The molecule has 23 heavy (non-hydrogen) atoms. The number of rotatable bonds is 1. The zero-order valence-corrected chi connectivity index (χ0v) is 13.4. The molecule has 0 bridgehead atoms. The van der Waals surface area contributed by atoms with Crippen LogP contribution in [-0.4, -0.2) is 9.55 Å². The number of nitrogens with zero attached hydrogens (tertiary/aromatic N) is 3. The van der Waals surface area contributed by atoms with Gasteiger partial charge in [0.25, 0.3) is 12.0 Å². The number of para-hydroxylation sites is 1. The van der Waals surface area contributed by atoms with Crippen LogP contribution in [0.15, 0.2) is 47.3 Å². The molecule has 114 valence electrons. The van der Waals surface area contributed by atoms with Crippen molar-refractivity contribution in [3.8, 4) is 5.69 Å². The molecule has 0 unspecified atom stereocenters. The van der Waals surface area contributed by atoms with Crippen LogP contribution in [0.3, 0.4) is 0 Å². The van der Waals surface area contributed by atoms with Gasteiger partial charge in [0.1, 0.15) is 5.42 Å². The van der Waals surface area contributed by atoms with Gasteiger partial charge in [-0.3, -0.25) is 0 Å². The average Bonchev–Trinajstić information content (AvgIpc) is 3.12. The van der Waals surface area contributed by atoms with Crippen molar-refractivity contribution in [1.29, 1.82) is 0 Å². The highest BCUT2D eigenvalue weighted by Gasteiger charge is 2.20. The molecule has 0 amide bonds. The van der Waals surface area contributed by atoms with Gasteiger partial charge < -0.3 is 4.42 Å². The summed E-state index contributed by atoms with van der Waals surface area (Å²) in [5.41, 5.74) is 4.80. The van der Waals surface area contributed by atoms with Crippen molar-refractivity contribution in [3.05, 3.63) is 53.5 Å². The lowest BCUT2D eigenvalue weighted by Gasteiger charge is -1.97. The lowest BCUT2D eigenvalue weighted by molar-refractivity contribution is -0.645. The SMILES string of the molecule is CC=c1oc2c(-n3c[n+](C)c4cccnc43)cccc2c1=CC. The second-order valence-corrected chi connectivity index (χ2v) is 5.55. The third kappa shape index (κ3) is 1.91. The number of imidazole rings is 1.